The maximum absolute atomic E-state index is 12.0. The molecule has 1 amide bonds. The highest BCUT2D eigenvalue weighted by Crippen LogP contribution is 2.13. The zero-order valence-electron chi connectivity index (χ0n) is 9.75. The minimum absolute atomic E-state index is 0.148. The van der Waals surface area contributed by atoms with E-state index < -0.39 is 12.1 Å². The molecule has 0 aliphatic heterocycles. The fourth-order valence-corrected chi connectivity index (χ4v) is 1.17. The number of carbonyl (C=O) groups excluding carboxylic acids is 1. The summed E-state index contributed by atoms with van der Waals surface area (Å²) in [6, 6.07) is 3.18. The molecule has 1 rings (SSSR count). The maximum Gasteiger partial charge on any atom is 0.471 e. The topological polar surface area (TPSA) is 66.4 Å². The van der Waals surface area contributed by atoms with Crippen LogP contribution in [0.4, 0.5) is 13.2 Å². The van der Waals surface area contributed by atoms with Crippen molar-refractivity contribution in [2.24, 2.45) is 4.99 Å². The second kappa shape index (κ2) is 6.37. The number of guanidine groups is 1. The van der Waals surface area contributed by atoms with Gasteiger partial charge in [-0.15, -0.1) is 0 Å². The number of nitrogens with one attached hydrogen (secondary N) is 2. The molecule has 104 valence electrons. The molecular formula is C10H10ClF3N4O. The summed E-state index contributed by atoms with van der Waals surface area (Å²) in [6.45, 7) is 0.148. The second-order valence-electron chi connectivity index (χ2n) is 3.37. The molecule has 2 N–H and O–H groups in total. The van der Waals surface area contributed by atoms with Crippen molar-refractivity contribution in [1.29, 1.82) is 0 Å². The van der Waals surface area contributed by atoms with Gasteiger partial charge in [0.2, 0.25) is 0 Å². The van der Waals surface area contributed by atoms with Crippen molar-refractivity contribution in [3.8, 4) is 0 Å². The highest BCUT2D eigenvalue weighted by atomic mass is 35.5. The Morgan fingerprint density at radius 3 is 2.63 bits per heavy atom. The fraction of sp³-hybridized carbons (Fsp3) is 0.300. The number of hydrogen-bond donors (Lipinski definition) is 2. The molecule has 1 heterocycles. The van der Waals surface area contributed by atoms with Crippen LogP contribution >= 0.6 is 11.6 Å². The van der Waals surface area contributed by atoms with Crippen LogP contribution in [0.5, 0.6) is 0 Å². The highest BCUT2D eigenvalue weighted by Gasteiger charge is 2.39. The van der Waals surface area contributed by atoms with Crippen LogP contribution in [-0.2, 0) is 11.3 Å². The predicted molar refractivity (Wildman–Crippen MR) is 63.6 cm³/mol. The molecule has 0 aliphatic rings. The van der Waals surface area contributed by atoms with E-state index in [9.17, 15) is 18.0 Å². The predicted octanol–water partition coefficient (Wildman–Crippen LogP) is 1.49. The van der Waals surface area contributed by atoms with Crippen LogP contribution < -0.4 is 10.6 Å². The van der Waals surface area contributed by atoms with Gasteiger partial charge >= 0.3 is 12.1 Å². The molecule has 1 aromatic heterocycles. The molecule has 0 saturated carbocycles. The number of amides is 1. The number of pyridine rings is 1. The van der Waals surface area contributed by atoms with Gasteiger partial charge in [-0.2, -0.15) is 13.2 Å². The van der Waals surface area contributed by atoms with E-state index in [1.165, 1.54) is 19.3 Å². The van der Waals surface area contributed by atoms with Crippen LogP contribution in [-0.4, -0.2) is 30.1 Å². The Kier molecular flexibility index (Phi) is 5.11. The zero-order chi connectivity index (χ0) is 14.5. The molecule has 0 atom stereocenters. The van der Waals surface area contributed by atoms with Gasteiger partial charge in [0.1, 0.15) is 5.15 Å². The van der Waals surface area contributed by atoms with Gasteiger partial charge < -0.3 is 5.32 Å². The zero-order valence-corrected chi connectivity index (χ0v) is 10.5. The molecule has 5 nitrogen and oxygen atoms in total. The van der Waals surface area contributed by atoms with Crippen LogP contribution in [0.3, 0.4) is 0 Å². The number of hydrogen-bond acceptors (Lipinski definition) is 3. The lowest BCUT2D eigenvalue weighted by molar-refractivity contribution is -0.171. The molecule has 0 spiro atoms. The van der Waals surface area contributed by atoms with E-state index in [0.717, 1.165) is 0 Å². The number of carbonyl (C=O) groups is 1. The summed E-state index contributed by atoms with van der Waals surface area (Å²) in [6.07, 6.45) is -3.51. The Labute approximate surface area is 111 Å². The van der Waals surface area contributed by atoms with Crippen LogP contribution in [0, 0.1) is 0 Å². The minimum Gasteiger partial charge on any atom is -0.352 e. The van der Waals surface area contributed by atoms with E-state index >= 15 is 0 Å². The molecular weight excluding hydrogens is 285 g/mol. The Morgan fingerprint density at radius 1 is 1.47 bits per heavy atom. The number of alkyl halides is 3. The lowest BCUT2D eigenvalue weighted by Crippen LogP contribution is -2.46. The smallest absolute Gasteiger partial charge is 0.352 e. The summed E-state index contributed by atoms with van der Waals surface area (Å²) in [4.78, 5) is 18.0. The van der Waals surface area contributed by atoms with Crippen LogP contribution in [0.2, 0.25) is 5.15 Å². The molecule has 19 heavy (non-hydrogen) atoms. The Balaban J connectivity index is 2.55. The first-order chi connectivity index (χ1) is 8.82. The lowest BCUT2D eigenvalue weighted by Gasteiger charge is -2.12. The standard InChI is InChI=1S/C10H10ClF3N4O/c1-15-9(18-8(19)10(12,13)14)17-5-6-2-3-7(11)16-4-6/h2-4H,5H2,1H3,(H2,15,17,18,19). The molecule has 0 bridgehead atoms. The first-order valence-corrected chi connectivity index (χ1v) is 5.40. The van der Waals surface area contributed by atoms with Crippen molar-refractivity contribution in [3.63, 3.8) is 0 Å². The van der Waals surface area contributed by atoms with Crippen molar-refractivity contribution in [1.82, 2.24) is 15.6 Å². The average Bonchev–Trinajstić information content (AvgIpc) is 2.35. The molecule has 0 unspecified atom stereocenters. The van der Waals surface area contributed by atoms with Gasteiger partial charge in [-0.05, 0) is 11.6 Å². The van der Waals surface area contributed by atoms with Gasteiger partial charge in [-0.25, -0.2) is 4.98 Å². The number of halogens is 4. The molecule has 0 radical (unpaired) electrons. The third-order valence-corrected chi connectivity index (χ3v) is 2.19. The number of rotatable bonds is 2. The van der Waals surface area contributed by atoms with E-state index in [4.69, 9.17) is 11.6 Å². The van der Waals surface area contributed by atoms with Crippen molar-refractivity contribution >= 4 is 23.5 Å². The Morgan fingerprint density at radius 2 is 2.16 bits per heavy atom. The van der Waals surface area contributed by atoms with E-state index in [2.05, 4.69) is 15.3 Å². The first kappa shape index (κ1) is 15.2. The van der Waals surface area contributed by atoms with Crippen molar-refractivity contribution < 1.29 is 18.0 Å². The van der Waals surface area contributed by atoms with Gasteiger partial charge in [0.05, 0.1) is 0 Å². The van der Waals surface area contributed by atoms with Crippen LogP contribution in [0.1, 0.15) is 5.56 Å². The molecule has 0 fully saturated rings. The third kappa shape index (κ3) is 5.12. The van der Waals surface area contributed by atoms with E-state index in [1.54, 1.807) is 11.4 Å². The molecule has 0 saturated heterocycles. The third-order valence-electron chi connectivity index (χ3n) is 1.96. The molecule has 1 aromatic rings. The fourth-order valence-electron chi connectivity index (χ4n) is 1.05. The molecule has 0 aliphatic carbocycles. The normalized spacial score (nSPS) is 12.2. The van der Waals surface area contributed by atoms with Gasteiger partial charge in [-0.3, -0.25) is 15.1 Å². The average molecular weight is 295 g/mol. The van der Waals surface area contributed by atoms with E-state index in [0.29, 0.717) is 10.7 Å². The van der Waals surface area contributed by atoms with Gasteiger partial charge in [0.25, 0.3) is 0 Å². The maximum atomic E-state index is 12.0. The summed E-state index contributed by atoms with van der Waals surface area (Å²) >= 11 is 5.58. The summed E-state index contributed by atoms with van der Waals surface area (Å²) in [5, 5.41) is 4.46. The second-order valence-corrected chi connectivity index (χ2v) is 3.75. The summed E-state index contributed by atoms with van der Waals surface area (Å²) in [7, 11) is 1.25. The van der Waals surface area contributed by atoms with Gasteiger partial charge in [0, 0.05) is 19.8 Å². The SMILES string of the molecule is CN=C(NCc1ccc(Cl)nc1)NC(=O)C(F)(F)F. The van der Waals surface area contributed by atoms with E-state index in [-0.39, 0.29) is 12.5 Å². The van der Waals surface area contributed by atoms with Crippen molar-refractivity contribution in [3.05, 3.63) is 29.0 Å². The first-order valence-electron chi connectivity index (χ1n) is 5.02. The van der Waals surface area contributed by atoms with Gasteiger partial charge in [-0.1, -0.05) is 17.7 Å². The van der Waals surface area contributed by atoms with Crippen molar-refractivity contribution in [2.45, 2.75) is 12.7 Å². The molecule has 9 heteroatoms. The van der Waals surface area contributed by atoms with Crippen LogP contribution in [0.15, 0.2) is 23.3 Å². The van der Waals surface area contributed by atoms with Gasteiger partial charge in [0.15, 0.2) is 5.96 Å². The lowest BCUT2D eigenvalue weighted by atomic mass is 10.3. The Bertz CT molecular complexity index is 473. The monoisotopic (exact) mass is 294 g/mol. The number of nitrogens with zero attached hydrogens (tertiary/aromatic N) is 2. The van der Waals surface area contributed by atoms with Crippen LogP contribution in [0.25, 0.3) is 0 Å². The Hall–Kier alpha value is -1.83. The van der Waals surface area contributed by atoms with E-state index in [1.807, 2.05) is 0 Å². The highest BCUT2D eigenvalue weighted by molar-refractivity contribution is 6.29. The summed E-state index contributed by atoms with van der Waals surface area (Å²) < 4.78 is 36.1. The summed E-state index contributed by atoms with van der Waals surface area (Å²) in [5.41, 5.74) is 0.673. The largest absolute Gasteiger partial charge is 0.471 e. The summed E-state index contributed by atoms with van der Waals surface area (Å²) in [5.74, 6) is -2.37. The molecule has 0 aromatic carbocycles. The number of aromatic nitrogens is 1. The quantitative estimate of drug-likeness (QED) is 0.493. The van der Waals surface area contributed by atoms with Crippen molar-refractivity contribution in [2.75, 3.05) is 7.05 Å². The minimum atomic E-state index is -4.96. The number of aliphatic imine (C=N–C) groups is 1.